The molecule has 0 aliphatic heterocycles. The number of aliphatic hydroxyl groups excluding tert-OH is 1. The van der Waals surface area contributed by atoms with Crippen LogP contribution in [0.15, 0.2) is 0 Å². The monoisotopic (exact) mass is 356 g/mol. The van der Waals surface area contributed by atoms with Gasteiger partial charge in [-0.15, -0.1) is 0 Å². The van der Waals surface area contributed by atoms with Gasteiger partial charge in [0.1, 0.15) is 0 Å². The van der Waals surface area contributed by atoms with E-state index in [1.54, 1.807) is 0 Å². The smallest absolute Gasteiger partial charge is 0.361 e. The molecule has 148 valence electrons. The molecule has 0 spiro atoms. The zero-order chi connectivity index (χ0) is 18.5. The fourth-order valence-corrected chi connectivity index (χ4v) is 3.92. The number of carbonyl (C=O) groups is 1. The maximum atomic E-state index is 12.1. The fraction of sp³-hybridized carbons (Fsp3) is 0.952. The molecule has 1 N–H and O–H groups in total. The van der Waals surface area contributed by atoms with Gasteiger partial charge in [0, 0.05) is 5.92 Å². The summed E-state index contributed by atoms with van der Waals surface area (Å²) < 4.78 is 6.03. The lowest BCUT2D eigenvalue weighted by Crippen LogP contribution is -2.50. The highest BCUT2D eigenvalue weighted by molar-refractivity contribution is 5.70. The van der Waals surface area contributed by atoms with Gasteiger partial charge in [0.05, 0.1) is 33.4 Å². The first kappa shape index (κ1) is 22.4. The van der Waals surface area contributed by atoms with Gasteiger partial charge >= 0.3 is 5.97 Å². The lowest BCUT2D eigenvalue weighted by molar-refractivity contribution is -0.887. The summed E-state index contributed by atoms with van der Waals surface area (Å²) in [5.41, 5.74) is 0. The Labute approximate surface area is 155 Å². The van der Waals surface area contributed by atoms with Crippen LogP contribution in [0.2, 0.25) is 0 Å². The highest BCUT2D eigenvalue weighted by atomic mass is 16.5. The summed E-state index contributed by atoms with van der Waals surface area (Å²) in [5.74, 6) is 0.225. The summed E-state index contributed by atoms with van der Waals surface area (Å²) in [5, 5.41) is 10.1. The quantitative estimate of drug-likeness (QED) is 0.304. The molecule has 1 aliphatic carbocycles. The van der Waals surface area contributed by atoms with Crippen molar-refractivity contribution in [2.24, 2.45) is 5.92 Å². The van der Waals surface area contributed by atoms with Gasteiger partial charge in [0.2, 0.25) is 0 Å². The van der Waals surface area contributed by atoms with E-state index < -0.39 is 0 Å². The predicted octanol–water partition coefficient (Wildman–Crippen LogP) is 4.30. The highest BCUT2D eigenvalue weighted by Crippen LogP contribution is 2.26. The number of aliphatic hydroxyl groups is 1. The summed E-state index contributed by atoms with van der Waals surface area (Å²) in [7, 11) is 4.14. The Balaban J connectivity index is 2.08. The Morgan fingerprint density at radius 3 is 2.24 bits per heavy atom. The van der Waals surface area contributed by atoms with Crippen LogP contribution in [0.3, 0.4) is 0 Å². The van der Waals surface area contributed by atoms with E-state index in [4.69, 9.17) is 4.74 Å². The molecule has 0 aromatic rings. The first-order chi connectivity index (χ1) is 11.9. The van der Waals surface area contributed by atoms with Crippen molar-refractivity contribution < 1.29 is 19.1 Å². The lowest BCUT2D eigenvalue weighted by atomic mass is 9.86. The molecular weight excluding hydrogens is 314 g/mol. The van der Waals surface area contributed by atoms with E-state index in [0.717, 1.165) is 38.6 Å². The highest BCUT2D eigenvalue weighted by Gasteiger charge is 2.31. The van der Waals surface area contributed by atoms with Crippen LogP contribution in [0.25, 0.3) is 0 Å². The van der Waals surface area contributed by atoms with E-state index in [-0.39, 0.29) is 12.1 Å². The number of hydrogen-bond acceptors (Lipinski definition) is 3. The van der Waals surface area contributed by atoms with Crippen molar-refractivity contribution in [3.63, 3.8) is 0 Å². The standard InChI is InChI=1S/C21H42NO3/c1-4-5-6-7-8-9-10-13-16-25-21(24)18-22(2,3)17-19-14-11-12-15-20(19)23/h19-20,23H,4-18H2,1-3H3/q+1/t19-,20+/m0/s1. The van der Waals surface area contributed by atoms with Crippen molar-refractivity contribution in [3.8, 4) is 0 Å². The second-order valence-electron chi connectivity index (χ2n) is 8.58. The summed E-state index contributed by atoms with van der Waals surface area (Å²) in [6, 6.07) is 0. The van der Waals surface area contributed by atoms with Gasteiger partial charge in [-0.05, 0) is 19.3 Å². The van der Waals surface area contributed by atoms with Gasteiger partial charge in [0.15, 0.2) is 6.54 Å². The summed E-state index contributed by atoms with van der Waals surface area (Å²) in [4.78, 5) is 12.1. The minimum atomic E-state index is -0.195. The number of ether oxygens (including phenoxy) is 1. The van der Waals surface area contributed by atoms with Crippen LogP contribution < -0.4 is 0 Å². The van der Waals surface area contributed by atoms with Crippen molar-refractivity contribution in [1.82, 2.24) is 0 Å². The molecule has 1 fully saturated rings. The summed E-state index contributed by atoms with van der Waals surface area (Å²) in [6.07, 6.45) is 14.2. The van der Waals surface area contributed by atoms with Gasteiger partial charge < -0.3 is 14.3 Å². The van der Waals surface area contributed by atoms with E-state index in [2.05, 4.69) is 21.0 Å². The average Bonchev–Trinajstić information content (AvgIpc) is 2.55. The number of carbonyl (C=O) groups excluding carboxylic acids is 1. The summed E-state index contributed by atoms with van der Waals surface area (Å²) in [6.45, 7) is 4.06. The molecule has 0 aromatic carbocycles. The van der Waals surface area contributed by atoms with Crippen molar-refractivity contribution in [2.75, 3.05) is 33.8 Å². The fourth-order valence-electron chi connectivity index (χ4n) is 3.92. The second-order valence-corrected chi connectivity index (χ2v) is 8.58. The van der Waals surface area contributed by atoms with Gasteiger partial charge in [-0.2, -0.15) is 0 Å². The van der Waals surface area contributed by atoms with Crippen molar-refractivity contribution in [1.29, 1.82) is 0 Å². The van der Waals surface area contributed by atoms with E-state index in [1.807, 2.05) is 0 Å². The Morgan fingerprint density at radius 2 is 1.60 bits per heavy atom. The molecule has 0 amide bonds. The maximum Gasteiger partial charge on any atom is 0.361 e. The second kappa shape index (κ2) is 12.7. The maximum absolute atomic E-state index is 12.1. The molecule has 0 bridgehead atoms. The van der Waals surface area contributed by atoms with Gasteiger partial charge in [-0.1, -0.05) is 64.7 Å². The third-order valence-corrected chi connectivity index (χ3v) is 5.42. The zero-order valence-electron chi connectivity index (χ0n) is 17.0. The molecule has 2 atom stereocenters. The first-order valence-corrected chi connectivity index (χ1v) is 10.6. The third kappa shape index (κ3) is 10.9. The average molecular weight is 357 g/mol. The van der Waals surface area contributed by atoms with Crippen molar-refractivity contribution in [2.45, 2.75) is 90.1 Å². The Kier molecular flexibility index (Phi) is 11.4. The minimum Gasteiger partial charge on any atom is -0.462 e. The number of quaternary nitrogens is 1. The first-order valence-electron chi connectivity index (χ1n) is 10.6. The summed E-state index contributed by atoms with van der Waals surface area (Å²) >= 11 is 0. The zero-order valence-corrected chi connectivity index (χ0v) is 17.0. The van der Waals surface area contributed by atoms with Crippen LogP contribution in [-0.2, 0) is 9.53 Å². The number of rotatable bonds is 13. The van der Waals surface area contributed by atoms with Gasteiger partial charge in [-0.25, -0.2) is 4.79 Å². The largest absolute Gasteiger partial charge is 0.462 e. The number of nitrogens with zero attached hydrogens (tertiary/aromatic N) is 1. The Hall–Kier alpha value is -0.610. The Bertz CT molecular complexity index is 357. The molecular formula is C21H42NO3+. The molecule has 0 saturated heterocycles. The molecule has 1 saturated carbocycles. The third-order valence-electron chi connectivity index (χ3n) is 5.42. The SMILES string of the molecule is CCCCCCCCCCOC(=O)C[N+](C)(C)C[C@@H]1CCCC[C@H]1O. The van der Waals surface area contributed by atoms with Crippen LogP contribution in [-0.4, -0.2) is 55.5 Å². The van der Waals surface area contributed by atoms with Crippen LogP contribution in [0.1, 0.15) is 84.0 Å². The molecule has 4 heteroatoms. The van der Waals surface area contributed by atoms with E-state index in [1.165, 1.54) is 44.9 Å². The molecule has 0 heterocycles. The predicted molar refractivity (Wildman–Crippen MR) is 103 cm³/mol. The number of esters is 1. The van der Waals surface area contributed by atoms with Crippen molar-refractivity contribution in [3.05, 3.63) is 0 Å². The lowest BCUT2D eigenvalue weighted by Gasteiger charge is -2.36. The van der Waals surface area contributed by atoms with E-state index >= 15 is 0 Å². The van der Waals surface area contributed by atoms with Crippen LogP contribution >= 0.6 is 0 Å². The van der Waals surface area contributed by atoms with Gasteiger partial charge in [-0.3, -0.25) is 0 Å². The molecule has 1 rings (SSSR count). The molecule has 0 radical (unpaired) electrons. The van der Waals surface area contributed by atoms with E-state index in [0.29, 0.717) is 23.6 Å². The minimum absolute atomic E-state index is 0.0988. The number of unbranched alkanes of at least 4 members (excludes halogenated alkanes) is 7. The molecule has 25 heavy (non-hydrogen) atoms. The molecule has 0 aromatic heterocycles. The van der Waals surface area contributed by atoms with Crippen LogP contribution in [0.4, 0.5) is 0 Å². The normalized spacial score (nSPS) is 21.3. The van der Waals surface area contributed by atoms with Crippen LogP contribution in [0, 0.1) is 5.92 Å². The van der Waals surface area contributed by atoms with Crippen molar-refractivity contribution >= 4 is 5.97 Å². The molecule has 1 aliphatic rings. The van der Waals surface area contributed by atoms with E-state index in [9.17, 15) is 9.90 Å². The number of likely N-dealkylation sites (N-methyl/N-ethyl adjacent to an activating group) is 1. The molecule has 4 nitrogen and oxygen atoms in total. The topological polar surface area (TPSA) is 46.5 Å². The molecule has 0 unspecified atom stereocenters. The van der Waals surface area contributed by atoms with Gasteiger partial charge in [0.25, 0.3) is 0 Å². The number of hydrogen-bond donors (Lipinski definition) is 1. The van der Waals surface area contributed by atoms with Crippen LogP contribution in [0.5, 0.6) is 0 Å². The Morgan fingerprint density at radius 1 is 1.00 bits per heavy atom.